The van der Waals surface area contributed by atoms with E-state index in [1.54, 1.807) is 24.3 Å². The zero-order valence-corrected chi connectivity index (χ0v) is 9.61. The monoisotopic (exact) mass is 258 g/mol. The Balaban J connectivity index is 2.30. The number of nitro groups is 1. The molecule has 0 aliphatic heterocycles. The second-order valence-corrected chi connectivity index (χ2v) is 3.67. The summed E-state index contributed by atoms with van der Waals surface area (Å²) in [5.41, 5.74) is 0.596. The van der Waals surface area contributed by atoms with E-state index in [-0.39, 0.29) is 5.56 Å². The van der Waals surface area contributed by atoms with Crippen LogP contribution >= 0.6 is 0 Å². The summed E-state index contributed by atoms with van der Waals surface area (Å²) in [4.78, 5) is 20.3. The summed E-state index contributed by atoms with van der Waals surface area (Å²) >= 11 is 0. The van der Waals surface area contributed by atoms with Gasteiger partial charge in [-0.2, -0.15) is 0 Å². The molecule has 0 atom stereocenters. The Morgan fingerprint density at radius 2 is 2.05 bits per heavy atom. The molecule has 2 rings (SSSR count). The zero-order valence-electron chi connectivity index (χ0n) is 9.61. The van der Waals surface area contributed by atoms with E-state index >= 15 is 0 Å². The van der Waals surface area contributed by atoms with E-state index in [0.29, 0.717) is 17.1 Å². The van der Waals surface area contributed by atoms with Gasteiger partial charge in [0.1, 0.15) is 11.5 Å². The van der Waals surface area contributed by atoms with Crippen molar-refractivity contribution < 1.29 is 19.2 Å². The van der Waals surface area contributed by atoms with Crippen LogP contribution in [-0.4, -0.2) is 10.9 Å². The molecule has 0 N–H and O–H groups in total. The van der Waals surface area contributed by atoms with Gasteiger partial charge in [-0.05, 0) is 23.8 Å². The number of hydrogen-bond acceptors (Lipinski definition) is 5. The van der Waals surface area contributed by atoms with Gasteiger partial charge in [0.25, 0.3) is 0 Å². The first-order valence-electron chi connectivity index (χ1n) is 5.29. The standard InChI is InChI=1S/C13H9NO5/c15-13(16)10-3-1-2-9(8-10)12-5-4-11(19-12)6-7-14(17)18/h1-8H,(H,15,16)/p-1/b7-6+. The number of hydrogen-bond donors (Lipinski definition) is 0. The van der Waals surface area contributed by atoms with E-state index < -0.39 is 10.9 Å². The lowest BCUT2D eigenvalue weighted by Crippen LogP contribution is -2.22. The first-order chi connectivity index (χ1) is 9.06. The van der Waals surface area contributed by atoms with Crippen LogP contribution < -0.4 is 5.11 Å². The van der Waals surface area contributed by atoms with E-state index in [1.807, 2.05) is 0 Å². The summed E-state index contributed by atoms with van der Waals surface area (Å²) < 4.78 is 5.35. The molecule has 0 unspecified atom stereocenters. The highest BCUT2D eigenvalue weighted by Gasteiger charge is 2.05. The Kier molecular flexibility index (Phi) is 3.42. The topological polar surface area (TPSA) is 96.4 Å². The Hall–Kier alpha value is -2.89. The van der Waals surface area contributed by atoms with E-state index in [1.165, 1.54) is 18.2 Å². The molecular formula is C13H8NO5-. The largest absolute Gasteiger partial charge is 0.545 e. The van der Waals surface area contributed by atoms with Crippen molar-refractivity contribution in [3.63, 3.8) is 0 Å². The number of nitrogens with zero attached hydrogens (tertiary/aromatic N) is 1. The van der Waals surface area contributed by atoms with Crippen LogP contribution in [0.4, 0.5) is 0 Å². The zero-order chi connectivity index (χ0) is 13.8. The van der Waals surface area contributed by atoms with Crippen LogP contribution in [0, 0.1) is 10.1 Å². The second kappa shape index (κ2) is 5.18. The van der Waals surface area contributed by atoms with E-state index in [2.05, 4.69) is 0 Å². The van der Waals surface area contributed by atoms with Crippen LogP contribution in [0.2, 0.25) is 0 Å². The number of benzene rings is 1. The highest BCUT2D eigenvalue weighted by Crippen LogP contribution is 2.23. The van der Waals surface area contributed by atoms with Crippen molar-refractivity contribution >= 4 is 12.0 Å². The van der Waals surface area contributed by atoms with Gasteiger partial charge in [0.2, 0.25) is 6.20 Å². The van der Waals surface area contributed by atoms with Gasteiger partial charge < -0.3 is 14.3 Å². The maximum atomic E-state index is 10.7. The molecule has 6 heteroatoms. The Morgan fingerprint density at radius 3 is 2.74 bits per heavy atom. The van der Waals surface area contributed by atoms with Crippen molar-refractivity contribution in [3.05, 3.63) is 64.0 Å². The predicted octanol–water partition coefficient (Wildman–Crippen LogP) is 1.56. The molecule has 1 heterocycles. The van der Waals surface area contributed by atoms with Gasteiger partial charge in [-0.3, -0.25) is 10.1 Å². The van der Waals surface area contributed by atoms with Gasteiger partial charge in [0.05, 0.1) is 17.0 Å². The van der Waals surface area contributed by atoms with Crippen molar-refractivity contribution in [1.29, 1.82) is 0 Å². The number of carboxylic acid groups (broad SMARTS) is 1. The van der Waals surface area contributed by atoms with Crippen molar-refractivity contribution in [1.82, 2.24) is 0 Å². The summed E-state index contributed by atoms with van der Waals surface area (Å²) in [5, 5.41) is 20.9. The van der Waals surface area contributed by atoms with E-state index in [9.17, 15) is 20.0 Å². The van der Waals surface area contributed by atoms with Crippen LogP contribution in [0.3, 0.4) is 0 Å². The SMILES string of the molecule is O=C([O-])c1cccc(-c2ccc(/C=C/[N+](=O)[O-])o2)c1. The molecular weight excluding hydrogens is 250 g/mol. The summed E-state index contributed by atoms with van der Waals surface area (Å²) in [6, 6.07) is 9.22. The highest BCUT2D eigenvalue weighted by atomic mass is 16.6. The molecule has 0 aliphatic carbocycles. The second-order valence-electron chi connectivity index (χ2n) is 3.67. The molecule has 1 aromatic carbocycles. The first-order valence-corrected chi connectivity index (χ1v) is 5.29. The Labute approximate surface area is 107 Å². The number of rotatable bonds is 4. The van der Waals surface area contributed by atoms with Crippen molar-refractivity contribution in [3.8, 4) is 11.3 Å². The fourth-order valence-electron chi connectivity index (χ4n) is 1.53. The number of furan rings is 1. The first kappa shape index (κ1) is 12.6. The quantitative estimate of drug-likeness (QED) is 0.612. The molecule has 19 heavy (non-hydrogen) atoms. The molecule has 0 spiro atoms. The van der Waals surface area contributed by atoms with Crippen LogP contribution in [0.15, 0.2) is 47.0 Å². The molecule has 0 fully saturated rings. The van der Waals surface area contributed by atoms with Crippen molar-refractivity contribution in [2.45, 2.75) is 0 Å². The third-order valence-electron chi connectivity index (χ3n) is 2.37. The van der Waals surface area contributed by atoms with E-state index in [0.717, 1.165) is 6.20 Å². The molecule has 2 aromatic rings. The van der Waals surface area contributed by atoms with Gasteiger partial charge in [-0.1, -0.05) is 18.2 Å². The average Bonchev–Trinajstić information content (AvgIpc) is 2.85. The summed E-state index contributed by atoms with van der Waals surface area (Å²) in [5.74, 6) is -0.543. The molecule has 0 radical (unpaired) electrons. The average molecular weight is 258 g/mol. The lowest BCUT2D eigenvalue weighted by molar-refractivity contribution is -0.401. The maximum absolute atomic E-state index is 10.7. The molecule has 0 bridgehead atoms. The van der Waals surface area contributed by atoms with Crippen LogP contribution in [0.25, 0.3) is 17.4 Å². The molecule has 96 valence electrons. The van der Waals surface area contributed by atoms with Crippen LogP contribution in [0.5, 0.6) is 0 Å². The maximum Gasteiger partial charge on any atom is 0.238 e. The van der Waals surface area contributed by atoms with Gasteiger partial charge in [0.15, 0.2) is 0 Å². The van der Waals surface area contributed by atoms with Crippen LogP contribution in [-0.2, 0) is 0 Å². The van der Waals surface area contributed by atoms with Crippen LogP contribution in [0.1, 0.15) is 16.1 Å². The Morgan fingerprint density at radius 1 is 1.26 bits per heavy atom. The summed E-state index contributed by atoms with van der Waals surface area (Å²) in [6.07, 6.45) is 1.98. The third kappa shape index (κ3) is 3.06. The molecule has 0 aliphatic rings. The molecule has 6 nitrogen and oxygen atoms in total. The van der Waals surface area contributed by atoms with Gasteiger partial charge in [-0.15, -0.1) is 0 Å². The fraction of sp³-hybridized carbons (Fsp3) is 0. The van der Waals surface area contributed by atoms with Gasteiger partial charge >= 0.3 is 0 Å². The van der Waals surface area contributed by atoms with Crippen molar-refractivity contribution in [2.24, 2.45) is 0 Å². The molecule has 1 aromatic heterocycles. The number of carbonyl (C=O) groups is 1. The lowest BCUT2D eigenvalue weighted by atomic mass is 10.1. The minimum atomic E-state index is -1.28. The van der Waals surface area contributed by atoms with Gasteiger partial charge in [-0.25, -0.2) is 0 Å². The minimum absolute atomic E-state index is 0.0382. The molecule has 0 saturated carbocycles. The van der Waals surface area contributed by atoms with E-state index in [4.69, 9.17) is 4.42 Å². The normalized spacial score (nSPS) is 10.7. The number of carboxylic acids is 1. The lowest BCUT2D eigenvalue weighted by Gasteiger charge is -2.03. The fourth-order valence-corrected chi connectivity index (χ4v) is 1.53. The summed E-state index contributed by atoms with van der Waals surface area (Å²) in [7, 11) is 0. The third-order valence-corrected chi connectivity index (χ3v) is 2.37. The van der Waals surface area contributed by atoms with Gasteiger partial charge in [0, 0.05) is 5.56 Å². The molecule has 0 saturated heterocycles. The molecule has 0 amide bonds. The minimum Gasteiger partial charge on any atom is -0.545 e. The summed E-state index contributed by atoms with van der Waals surface area (Å²) in [6.45, 7) is 0. The van der Waals surface area contributed by atoms with Crippen molar-refractivity contribution in [2.75, 3.05) is 0 Å². The number of aromatic carboxylic acids is 1. The Bertz CT molecular complexity index is 657. The smallest absolute Gasteiger partial charge is 0.238 e. The predicted molar refractivity (Wildman–Crippen MR) is 64.5 cm³/mol. The highest BCUT2D eigenvalue weighted by molar-refractivity contribution is 5.87. The number of carbonyl (C=O) groups excluding carboxylic acids is 1.